The van der Waals surface area contributed by atoms with E-state index in [0.717, 1.165) is 19.0 Å². The van der Waals surface area contributed by atoms with Crippen LogP contribution in [0, 0.1) is 16.0 Å². The first-order valence-corrected chi connectivity index (χ1v) is 6.59. The van der Waals surface area contributed by atoms with Gasteiger partial charge in [-0.1, -0.05) is 18.5 Å². The Morgan fingerprint density at radius 2 is 2.35 bits per heavy atom. The summed E-state index contributed by atoms with van der Waals surface area (Å²) in [5.41, 5.74) is -0.212. The number of nitrogens with zero attached hydrogens (tertiary/aromatic N) is 3. The van der Waals surface area contributed by atoms with E-state index in [0.29, 0.717) is 6.54 Å². The van der Waals surface area contributed by atoms with Crippen molar-refractivity contribution in [2.75, 3.05) is 11.4 Å². The Bertz CT molecular complexity index is 552. The van der Waals surface area contributed by atoms with Crippen molar-refractivity contribution in [3.63, 3.8) is 0 Å². The lowest BCUT2D eigenvalue weighted by Gasteiger charge is -2.38. The van der Waals surface area contributed by atoms with Gasteiger partial charge in [0, 0.05) is 12.6 Å². The van der Waals surface area contributed by atoms with Gasteiger partial charge in [0.1, 0.15) is 18.1 Å². The maximum atomic E-state index is 11.4. The van der Waals surface area contributed by atoms with Crippen molar-refractivity contribution >= 4 is 29.1 Å². The highest BCUT2D eigenvalue weighted by molar-refractivity contribution is 6.33. The Morgan fingerprint density at radius 3 is 2.90 bits per heavy atom. The fourth-order valence-electron chi connectivity index (χ4n) is 2.53. The van der Waals surface area contributed by atoms with E-state index in [-0.39, 0.29) is 22.4 Å². The van der Waals surface area contributed by atoms with E-state index < -0.39 is 16.9 Å². The van der Waals surface area contributed by atoms with Gasteiger partial charge in [0.2, 0.25) is 0 Å². The Morgan fingerprint density at radius 1 is 1.65 bits per heavy atom. The predicted molar refractivity (Wildman–Crippen MR) is 73.1 cm³/mol. The van der Waals surface area contributed by atoms with Gasteiger partial charge in [-0.3, -0.25) is 10.1 Å². The van der Waals surface area contributed by atoms with Crippen molar-refractivity contribution in [1.29, 1.82) is 0 Å². The average Bonchev–Trinajstić information content (AvgIpc) is 2.37. The van der Waals surface area contributed by atoms with Gasteiger partial charge in [-0.15, -0.1) is 0 Å². The molecule has 2 rings (SSSR count). The molecule has 1 aliphatic heterocycles. The van der Waals surface area contributed by atoms with Crippen LogP contribution >= 0.6 is 11.6 Å². The first-order valence-electron chi connectivity index (χ1n) is 6.21. The third kappa shape index (κ3) is 2.67. The van der Waals surface area contributed by atoms with Crippen LogP contribution in [0.5, 0.6) is 0 Å². The first kappa shape index (κ1) is 14.5. The molecule has 2 atom stereocenters. The molecule has 0 aromatic carbocycles. The number of halogens is 1. The highest BCUT2D eigenvalue weighted by atomic mass is 35.5. The van der Waals surface area contributed by atoms with E-state index in [1.807, 2.05) is 6.92 Å². The molecule has 0 saturated carbocycles. The topological polar surface area (TPSA) is 96.6 Å². The lowest BCUT2D eigenvalue weighted by Crippen LogP contribution is -2.49. The van der Waals surface area contributed by atoms with Crippen molar-refractivity contribution < 1.29 is 14.8 Å². The second kappa shape index (κ2) is 5.62. The molecule has 2 heterocycles. The summed E-state index contributed by atoms with van der Waals surface area (Å²) in [5, 5.41) is 20.1. The summed E-state index contributed by atoms with van der Waals surface area (Å²) in [6.07, 6.45) is 2.75. The molecular weight excluding hydrogens is 286 g/mol. The number of hydrogen-bond donors (Lipinski definition) is 1. The predicted octanol–water partition coefficient (Wildman–Crippen LogP) is 2.33. The van der Waals surface area contributed by atoms with Crippen LogP contribution in [0.15, 0.2) is 12.3 Å². The average molecular weight is 300 g/mol. The van der Waals surface area contributed by atoms with Crippen molar-refractivity contribution in [3.8, 4) is 0 Å². The van der Waals surface area contributed by atoms with Crippen LogP contribution in [0.2, 0.25) is 5.02 Å². The highest BCUT2D eigenvalue weighted by Crippen LogP contribution is 2.33. The fraction of sp³-hybridized carbons (Fsp3) is 0.500. The van der Waals surface area contributed by atoms with E-state index in [4.69, 9.17) is 11.6 Å². The van der Waals surface area contributed by atoms with Gasteiger partial charge >= 0.3 is 5.97 Å². The molecule has 1 aromatic rings. The highest BCUT2D eigenvalue weighted by Gasteiger charge is 2.36. The lowest BCUT2D eigenvalue weighted by atomic mass is 9.91. The van der Waals surface area contributed by atoms with Crippen molar-refractivity contribution in [1.82, 2.24) is 4.98 Å². The molecule has 1 N–H and O–H groups in total. The molecule has 1 aromatic heterocycles. The molecule has 2 unspecified atom stereocenters. The summed E-state index contributed by atoms with van der Waals surface area (Å²) in [4.78, 5) is 27.1. The Balaban J connectivity index is 2.38. The molecule has 108 valence electrons. The minimum absolute atomic E-state index is 0.0330. The number of piperidine rings is 1. The van der Waals surface area contributed by atoms with E-state index in [1.165, 1.54) is 6.07 Å². The number of pyridine rings is 1. The largest absolute Gasteiger partial charge is 0.480 e. The van der Waals surface area contributed by atoms with Crippen LogP contribution in [0.25, 0.3) is 0 Å². The zero-order valence-corrected chi connectivity index (χ0v) is 11.6. The van der Waals surface area contributed by atoms with Gasteiger partial charge in [0.05, 0.1) is 9.95 Å². The number of aromatic nitrogens is 1. The standard InChI is InChI=1S/C12H14ClN3O4/c1-7-3-2-4-15(10(7)12(17)18)11-9(13)5-8(6-14-11)16(19)20/h5-7,10H,2-4H2,1H3,(H,17,18). The zero-order chi connectivity index (χ0) is 14.9. The number of carbonyl (C=O) groups is 1. The smallest absolute Gasteiger partial charge is 0.326 e. The summed E-state index contributed by atoms with van der Waals surface area (Å²) >= 11 is 6.02. The van der Waals surface area contributed by atoms with Crippen LogP contribution in [0.3, 0.4) is 0 Å². The number of carboxylic acid groups (broad SMARTS) is 1. The van der Waals surface area contributed by atoms with Gasteiger partial charge in [0.25, 0.3) is 5.69 Å². The lowest BCUT2D eigenvalue weighted by molar-refractivity contribution is -0.385. The normalized spacial score (nSPS) is 22.6. The van der Waals surface area contributed by atoms with E-state index in [1.54, 1.807) is 4.90 Å². The van der Waals surface area contributed by atoms with Crippen LogP contribution in [-0.2, 0) is 4.79 Å². The van der Waals surface area contributed by atoms with E-state index in [9.17, 15) is 20.0 Å². The molecular formula is C12H14ClN3O4. The van der Waals surface area contributed by atoms with Crippen molar-refractivity contribution in [2.45, 2.75) is 25.8 Å². The molecule has 0 radical (unpaired) electrons. The van der Waals surface area contributed by atoms with Gasteiger partial charge in [-0.2, -0.15) is 0 Å². The number of nitro groups is 1. The van der Waals surface area contributed by atoms with Gasteiger partial charge in [0.15, 0.2) is 0 Å². The van der Waals surface area contributed by atoms with Gasteiger partial charge < -0.3 is 10.0 Å². The Hall–Kier alpha value is -1.89. The maximum absolute atomic E-state index is 11.4. The molecule has 8 heteroatoms. The van der Waals surface area contributed by atoms with Crippen LogP contribution in [0.1, 0.15) is 19.8 Å². The molecule has 1 aliphatic rings. The molecule has 0 spiro atoms. The number of anilines is 1. The second-order valence-electron chi connectivity index (χ2n) is 4.85. The second-order valence-corrected chi connectivity index (χ2v) is 5.26. The van der Waals surface area contributed by atoms with Gasteiger partial charge in [-0.05, 0) is 18.8 Å². The van der Waals surface area contributed by atoms with E-state index in [2.05, 4.69) is 4.98 Å². The molecule has 20 heavy (non-hydrogen) atoms. The van der Waals surface area contributed by atoms with E-state index >= 15 is 0 Å². The molecule has 0 bridgehead atoms. The number of aliphatic carboxylic acids is 1. The fourth-order valence-corrected chi connectivity index (χ4v) is 2.80. The van der Waals surface area contributed by atoms with Gasteiger partial charge in [-0.25, -0.2) is 9.78 Å². The maximum Gasteiger partial charge on any atom is 0.326 e. The number of hydrogen-bond acceptors (Lipinski definition) is 5. The zero-order valence-electron chi connectivity index (χ0n) is 10.8. The molecule has 0 aliphatic carbocycles. The number of carboxylic acids is 1. The molecule has 7 nitrogen and oxygen atoms in total. The first-order chi connectivity index (χ1) is 9.41. The van der Waals surface area contributed by atoms with Crippen LogP contribution in [0.4, 0.5) is 11.5 Å². The Labute approximate surface area is 120 Å². The summed E-state index contributed by atoms with van der Waals surface area (Å²) in [5.74, 6) is -0.682. The SMILES string of the molecule is CC1CCCN(c2ncc([N+](=O)[O-])cc2Cl)C1C(=O)O. The summed E-state index contributed by atoms with van der Waals surface area (Å²) in [6, 6.07) is 0.484. The third-order valence-corrected chi connectivity index (χ3v) is 3.75. The quantitative estimate of drug-likeness (QED) is 0.679. The number of rotatable bonds is 3. The third-order valence-electron chi connectivity index (χ3n) is 3.48. The molecule has 1 saturated heterocycles. The minimum Gasteiger partial charge on any atom is -0.480 e. The monoisotopic (exact) mass is 299 g/mol. The summed E-state index contributed by atoms with van der Waals surface area (Å²) in [6.45, 7) is 2.38. The summed E-state index contributed by atoms with van der Waals surface area (Å²) in [7, 11) is 0. The van der Waals surface area contributed by atoms with Crippen LogP contribution < -0.4 is 4.90 Å². The Kier molecular flexibility index (Phi) is 4.08. The minimum atomic E-state index is -0.937. The summed E-state index contributed by atoms with van der Waals surface area (Å²) < 4.78 is 0. The van der Waals surface area contributed by atoms with Crippen molar-refractivity contribution in [2.24, 2.45) is 5.92 Å². The molecule has 0 amide bonds. The molecule has 1 fully saturated rings. The van der Waals surface area contributed by atoms with Crippen LogP contribution in [-0.4, -0.2) is 33.6 Å². The van der Waals surface area contributed by atoms with Crippen molar-refractivity contribution in [3.05, 3.63) is 27.4 Å².